The summed E-state index contributed by atoms with van der Waals surface area (Å²) in [6.45, 7) is 6.07. The van der Waals surface area contributed by atoms with Gasteiger partial charge in [0.1, 0.15) is 0 Å². The molecule has 0 N–H and O–H groups in total. The van der Waals surface area contributed by atoms with Gasteiger partial charge < -0.3 is 9.64 Å². The lowest BCUT2D eigenvalue weighted by atomic mass is 10.1. The van der Waals surface area contributed by atoms with Crippen LogP contribution < -0.4 is 4.31 Å². The molecular formula is C15H22N2O4S. The summed E-state index contributed by atoms with van der Waals surface area (Å²) < 4.78 is 30.7. The molecule has 1 amide bonds. The molecule has 0 bridgehead atoms. The van der Waals surface area contributed by atoms with Crippen molar-refractivity contribution in [3.05, 3.63) is 29.8 Å². The first-order valence-electron chi connectivity index (χ1n) is 7.47. The predicted octanol–water partition coefficient (Wildman–Crippen LogP) is 1.33. The average Bonchev–Trinajstić information content (AvgIpc) is 2.56. The molecule has 0 atom stereocenters. The Labute approximate surface area is 131 Å². The Balaban J connectivity index is 2.17. The Morgan fingerprint density at radius 2 is 1.77 bits per heavy atom. The van der Waals surface area contributed by atoms with Gasteiger partial charge in [0.15, 0.2) is 0 Å². The number of rotatable bonds is 5. The standard InChI is InChI=1S/C15H22N2O4S/c1-3-17(22(19,20)4-2)14-7-5-13(6-8-14)15(18)16-9-11-21-12-10-16/h5-8H,3-4,9-12H2,1-2H3. The Kier molecular flexibility index (Phi) is 5.42. The van der Waals surface area contributed by atoms with Crippen LogP contribution in [-0.4, -0.2) is 57.8 Å². The van der Waals surface area contributed by atoms with Gasteiger partial charge in [0.25, 0.3) is 5.91 Å². The van der Waals surface area contributed by atoms with Crippen molar-refractivity contribution in [2.45, 2.75) is 13.8 Å². The summed E-state index contributed by atoms with van der Waals surface area (Å²) >= 11 is 0. The van der Waals surface area contributed by atoms with Gasteiger partial charge in [-0.15, -0.1) is 0 Å². The number of sulfonamides is 1. The highest BCUT2D eigenvalue weighted by atomic mass is 32.2. The van der Waals surface area contributed by atoms with Crippen molar-refractivity contribution in [3.63, 3.8) is 0 Å². The lowest BCUT2D eigenvalue weighted by molar-refractivity contribution is 0.0303. The normalized spacial score (nSPS) is 15.6. The summed E-state index contributed by atoms with van der Waals surface area (Å²) in [6, 6.07) is 6.73. The molecule has 1 aromatic carbocycles. The predicted molar refractivity (Wildman–Crippen MR) is 85.6 cm³/mol. The zero-order valence-electron chi connectivity index (χ0n) is 13.0. The van der Waals surface area contributed by atoms with E-state index in [1.54, 1.807) is 43.0 Å². The van der Waals surface area contributed by atoms with Gasteiger partial charge >= 0.3 is 0 Å². The van der Waals surface area contributed by atoms with E-state index in [0.717, 1.165) is 0 Å². The molecule has 0 spiro atoms. The van der Waals surface area contributed by atoms with E-state index in [4.69, 9.17) is 4.74 Å². The largest absolute Gasteiger partial charge is 0.378 e. The lowest BCUT2D eigenvalue weighted by Gasteiger charge is -2.27. The summed E-state index contributed by atoms with van der Waals surface area (Å²) in [5.74, 6) is 0.00575. The second kappa shape index (κ2) is 7.11. The molecule has 22 heavy (non-hydrogen) atoms. The van der Waals surface area contributed by atoms with Crippen molar-refractivity contribution < 1.29 is 17.9 Å². The molecule has 1 heterocycles. The summed E-state index contributed by atoms with van der Waals surface area (Å²) in [7, 11) is -3.30. The van der Waals surface area contributed by atoms with Crippen molar-refractivity contribution in [3.8, 4) is 0 Å². The molecule has 1 fully saturated rings. The van der Waals surface area contributed by atoms with Crippen LogP contribution in [0.1, 0.15) is 24.2 Å². The quantitative estimate of drug-likeness (QED) is 0.819. The van der Waals surface area contributed by atoms with Crippen LogP contribution in [0.2, 0.25) is 0 Å². The molecule has 1 aliphatic rings. The smallest absolute Gasteiger partial charge is 0.254 e. The van der Waals surface area contributed by atoms with Crippen molar-refractivity contribution in [2.24, 2.45) is 0 Å². The molecule has 1 aromatic rings. The molecule has 2 rings (SSSR count). The van der Waals surface area contributed by atoms with Crippen LogP contribution in [-0.2, 0) is 14.8 Å². The maximum Gasteiger partial charge on any atom is 0.254 e. The number of benzene rings is 1. The number of anilines is 1. The van der Waals surface area contributed by atoms with Crippen LogP contribution in [0.5, 0.6) is 0 Å². The Morgan fingerprint density at radius 1 is 1.18 bits per heavy atom. The maximum absolute atomic E-state index is 12.3. The molecule has 7 heteroatoms. The van der Waals surface area contributed by atoms with E-state index in [1.807, 2.05) is 0 Å². The second-order valence-electron chi connectivity index (χ2n) is 5.02. The van der Waals surface area contributed by atoms with Crippen LogP contribution in [0.25, 0.3) is 0 Å². The molecule has 0 aliphatic carbocycles. The Morgan fingerprint density at radius 3 is 2.27 bits per heavy atom. The van der Waals surface area contributed by atoms with Gasteiger partial charge in [0.2, 0.25) is 10.0 Å². The minimum Gasteiger partial charge on any atom is -0.378 e. The highest BCUT2D eigenvalue weighted by molar-refractivity contribution is 7.92. The summed E-state index contributed by atoms with van der Waals surface area (Å²) in [5, 5.41) is 0. The molecule has 0 aromatic heterocycles. The van der Waals surface area contributed by atoms with Gasteiger partial charge in [-0.05, 0) is 38.1 Å². The fourth-order valence-electron chi connectivity index (χ4n) is 2.41. The molecule has 0 saturated carbocycles. The van der Waals surface area contributed by atoms with Crippen molar-refractivity contribution in [2.75, 3.05) is 42.9 Å². The fraction of sp³-hybridized carbons (Fsp3) is 0.533. The topological polar surface area (TPSA) is 66.9 Å². The van der Waals surface area contributed by atoms with Gasteiger partial charge in [-0.1, -0.05) is 0 Å². The number of hydrogen-bond acceptors (Lipinski definition) is 4. The minimum absolute atomic E-state index is 0.0451. The second-order valence-corrected chi connectivity index (χ2v) is 7.20. The van der Waals surface area contributed by atoms with Crippen LogP contribution >= 0.6 is 0 Å². The van der Waals surface area contributed by atoms with Crippen molar-refractivity contribution in [1.29, 1.82) is 0 Å². The molecule has 6 nitrogen and oxygen atoms in total. The number of nitrogens with zero attached hydrogens (tertiary/aromatic N) is 2. The first-order chi connectivity index (χ1) is 10.5. The number of hydrogen-bond donors (Lipinski definition) is 0. The van der Waals surface area contributed by atoms with Crippen LogP contribution in [0.3, 0.4) is 0 Å². The van der Waals surface area contributed by atoms with Gasteiger partial charge in [0, 0.05) is 25.2 Å². The van der Waals surface area contributed by atoms with Crippen molar-refractivity contribution >= 4 is 21.6 Å². The first kappa shape index (κ1) is 16.8. The van der Waals surface area contributed by atoms with E-state index in [9.17, 15) is 13.2 Å². The summed E-state index contributed by atoms with van der Waals surface area (Å²) in [4.78, 5) is 14.1. The molecule has 122 valence electrons. The fourth-order valence-corrected chi connectivity index (χ4v) is 3.56. The van der Waals surface area contributed by atoms with E-state index >= 15 is 0 Å². The SMILES string of the molecule is CCN(c1ccc(C(=O)N2CCOCC2)cc1)S(=O)(=O)CC. The minimum atomic E-state index is -3.30. The lowest BCUT2D eigenvalue weighted by Crippen LogP contribution is -2.40. The highest BCUT2D eigenvalue weighted by Gasteiger charge is 2.21. The van der Waals surface area contributed by atoms with E-state index < -0.39 is 10.0 Å². The third-order valence-electron chi connectivity index (χ3n) is 3.69. The van der Waals surface area contributed by atoms with E-state index in [1.165, 1.54) is 4.31 Å². The molecule has 1 aliphatic heterocycles. The summed E-state index contributed by atoms with van der Waals surface area (Å²) in [6.07, 6.45) is 0. The first-order valence-corrected chi connectivity index (χ1v) is 9.08. The van der Waals surface area contributed by atoms with Gasteiger partial charge in [-0.3, -0.25) is 9.10 Å². The summed E-state index contributed by atoms with van der Waals surface area (Å²) in [5.41, 5.74) is 1.15. The third-order valence-corrected chi connectivity index (χ3v) is 5.56. The van der Waals surface area contributed by atoms with Crippen molar-refractivity contribution in [1.82, 2.24) is 4.90 Å². The van der Waals surface area contributed by atoms with Crippen LogP contribution in [0, 0.1) is 0 Å². The molecule has 1 saturated heterocycles. The van der Waals surface area contributed by atoms with Crippen LogP contribution in [0.4, 0.5) is 5.69 Å². The zero-order chi connectivity index (χ0) is 16.2. The Bertz CT molecular complexity index is 607. The van der Waals surface area contributed by atoms with E-state index in [0.29, 0.717) is 44.1 Å². The van der Waals surface area contributed by atoms with Gasteiger partial charge in [-0.2, -0.15) is 0 Å². The van der Waals surface area contributed by atoms with E-state index in [2.05, 4.69) is 0 Å². The average molecular weight is 326 g/mol. The van der Waals surface area contributed by atoms with E-state index in [-0.39, 0.29) is 11.7 Å². The number of carbonyl (C=O) groups is 1. The zero-order valence-corrected chi connectivity index (χ0v) is 13.8. The molecule has 0 unspecified atom stereocenters. The number of morpholine rings is 1. The maximum atomic E-state index is 12.3. The number of amides is 1. The number of ether oxygens (including phenoxy) is 1. The molecular weight excluding hydrogens is 304 g/mol. The van der Waals surface area contributed by atoms with Crippen LogP contribution in [0.15, 0.2) is 24.3 Å². The molecule has 0 radical (unpaired) electrons. The Hall–Kier alpha value is -1.60. The monoisotopic (exact) mass is 326 g/mol. The van der Waals surface area contributed by atoms with Gasteiger partial charge in [-0.25, -0.2) is 8.42 Å². The van der Waals surface area contributed by atoms with Gasteiger partial charge in [0.05, 0.1) is 24.7 Å². The highest BCUT2D eigenvalue weighted by Crippen LogP contribution is 2.20. The third kappa shape index (κ3) is 3.59. The number of carbonyl (C=O) groups excluding carboxylic acids is 1.